The van der Waals surface area contributed by atoms with Crippen molar-refractivity contribution in [2.24, 2.45) is 7.05 Å². The largest absolute Gasteiger partial charge is 0.433 e. The van der Waals surface area contributed by atoms with Crippen molar-refractivity contribution in [3.05, 3.63) is 29.8 Å². The van der Waals surface area contributed by atoms with E-state index in [1.54, 1.807) is 11.1 Å². The Morgan fingerprint density at radius 3 is 2.77 bits per heavy atom. The Hall–Kier alpha value is -3.48. The van der Waals surface area contributed by atoms with E-state index in [1.165, 1.54) is 13.2 Å². The fourth-order valence-corrected chi connectivity index (χ4v) is 5.37. The van der Waals surface area contributed by atoms with Crippen LogP contribution in [0.3, 0.4) is 0 Å². The molecule has 3 aromatic rings. The lowest BCUT2D eigenvalue weighted by Crippen LogP contribution is -2.44. The number of aliphatic hydroxyl groups excluding tert-OH is 1. The van der Waals surface area contributed by atoms with Crippen molar-refractivity contribution in [2.75, 3.05) is 10.2 Å². The summed E-state index contributed by atoms with van der Waals surface area (Å²) in [4.78, 5) is 24.1. The number of carbonyl (C=O) groups excluding carboxylic acids is 1. The number of aromatic nitrogens is 6. The van der Waals surface area contributed by atoms with Crippen molar-refractivity contribution < 1.29 is 23.1 Å². The number of alkyl halides is 3. The Kier molecular flexibility index (Phi) is 4.72. The summed E-state index contributed by atoms with van der Waals surface area (Å²) in [6.45, 7) is 0. The number of fused-ring (bicyclic) bond motifs is 2. The van der Waals surface area contributed by atoms with Gasteiger partial charge in [0.2, 0.25) is 11.9 Å². The number of rotatable bonds is 4. The second-order valence-electron chi connectivity index (χ2n) is 9.46. The van der Waals surface area contributed by atoms with E-state index < -0.39 is 23.4 Å². The molecule has 3 N–H and O–H groups in total. The summed E-state index contributed by atoms with van der Waals surface area (Å²) in [6.07, 6.45) is 3.33. The van der Waals surface area contributed by atoms with Gasteiger partial charge < -0.3 is 10.4 Å². The predicted octanol–water partition coefficient (Wildman–Crippen LogP) is 3.04. The van der Waals surface area contributed by atoms with Crippen LogP contribution in [0.1, 0.15) is 49.8 Å². The lowest BCUT2D eigenvalue weighted by atomic mass is 9.92. The van der Waals surface area contributed by atoms with Crippen LogP contribution in [0.4, 0.5) is 30.6 Å². The standard InChI is InChI=1S/C22H23F3N8O2/c1-32-17(22(23,24)25)13(8-28-32)16-15(10-27-31-16)29-20-26-9-14-18(30-20)33(19(35)21(14)5-6-21)11-3-2-4-12(34)7-11/h8-12,34H,2-7H2,1H3,(H,27,31)(H,26,29,30)/t11-,12-/m1/s1. The zero-order valence-corrected chi connectivity index (χ0v) is 18.8. The number of amides is 1. The maximum Gasteiger partial charge on any atom is 0.433 e. The third kappa shape index (κ3) is 3.39. The number of halogens is 3. The van der Waals surface area contributed by atoms with Gasteiger partial charge in [0.15, 0.2) is 5.69 Å². The van der Waals surface area contributed by atoms with E-state index >= 15 is 0 Å². The summed E-state index contributed by atoms with van der Waals surface area (Å²) < 4.78 is 41.6. The fraction of sp³-hybridized carbons (Fsp3) is 0.500. The van der Waals surface area contributed by atoms with Gasteiger partial charge in [0.25, 0.3) is 0 Å². The lowest BCUT2D eigenvalue weighted by Gasteiger charge is -2.33. The molecule has 0 bridgehead atoms. The first kappa shape index (κ1) is 22.0. The molecule has 1 spiro atoms. The van der Waals surface area contributed by atoms with Crippen LogP contribution in [-0.2, 0) is 23.4 Å². The molecule has 1 aliphatic heterocycles. The quantitative estimate of drug-likeness (QED) is 0.516. The number of H-pyrrole nitrogens is 1. The number of nitrogens with one attached hydrogen (secondary N) is 2. The fourth-order valence-electron chi connectivity index (χ4n) is 5.37. The van der Waals surface area contributed by atoms with E-state index in [0.29, 0.717) is 18.7 Å². The summed E-state index contributed by atoms with van der Waals surface area (Å²) in [5.41, 5.74) is -0.660. The molecule has 35 heavy (non-hydrogen) atoms. The van der Waals surface area contributed by atoms with Gasteiger partial charge in [0, 0.05) is 31.0 Å². The highest BCUT2D eigenvalue weighted by atomic mass is 19.4. The average molecular weight is 488 g/mol. The van der Waals surface area contributed by atoms with E-state index in [0.717, 1.165) is 42.1 Å². The van der Waals surface area contributed by atoms with Gasteiger partial charge >= 0.3 is 6.18 Å². The highest BCUT2D eigenvalue weighted by Crippen LogP contribution is 2.57. The van der Waals surface area contributed by atoms with E-state index in [-0.39, 0.29) is 34.8 Å². The van der Waals surface area contributed by atoms with Crippen LogP contribution in [-0.4, -0.2) is 53.1 Å². The van der Waals surface area contributed by atoms with Gasteiger partial charge in [-0.05, 0) is 38.5 Å². The summed E-state index contributed by atoms with van der Waals surface area (Å²) in [7, 11) is 1.22. The molecule has 1 amide bonds. The van der Waals surface area contributed by atoms with Gasteiger partial charge in [0.05, 0.1) is 29.0 Å². The number of hydrogen-bond donors (Lipinski definition) is 3. The normalized spacial score (nSPS) is 23.1. The molecule has 2 atom stereocenters. The van der Waals surface area contributed by atoms with E-state index in [4.69, 9.17) is 0 Å². The van der Waals surface area contributed by atoms with E-state index in [2.05, 4.69) is 30.6 Å². The van der Waals surface area contributed by atoms with Gasteiger partial charge in [-0.1, -0.05) is 0 Å². The zero-order valence-electron chi connectivity index (χ0n) is 18.8. The van der Waals surface area contributed by atoms with Crippen molar-refractivity contribution in [1.29, 1.82) is 0 Å². The van der Waals surface area contributed by atoms with Crippen molar-refractivity contribution in [2.45, 2.75) is 62.3 Å². The lowest BCUT2D eigenvalue weighted by molar-refractivity contribution is -0.143. The number of anilines is 3. The number of carbonyl (C=O) groups is 1. The minimum Gasteiger partial charge on any atom is -0.393 e. The molecular weight excluding hydrogens is 465 g/mol. The van der Waals surface area contributed by atoms with Gasteiger partial charge in [-0.15, -0.1) is 0 Å². The molecule has 10 nitrogen and oxygen atoms in total. The van der Waals surface area contributed by atoms with Crippen LogP contribution in [0.5, 0.6) is 0 Å². The molecular formula is C22H23F3N8O2. The first-order valence-corrected chi connectivity index (χ1v) is 11.5. The molecule has 2 aliphatic carbocycles. The van der Waals surface area contributed by atoms with Gasteiger partial charge in [0.1, 0.15) is 11.5 Å². The first-order valence-electron chi connectivity index (χ1n) is 11.5. The van der Waals surface area contributed by atoms with Crippen molar-refractivity contribution in [3.63, 3.8) is 0 Å². The molecule has 0 aromatic carbocycles. The third-order valence-corrected chi connectivity index (χ3v) is 7.22. The second-order valence-corrected chi connectivity index (χ2v) is 9.46. The van der Waals surface area contributed by atoms with Crippen LogP contribution >= 0.6 is 0 Å². The number of aromatic amines is 1. The first-order chi connectivity index (χ1) is 16.7. The monoisotopic (exact) mass is 488 g/mol. The SMILES string of the molecule is Cn1ncc(-c2n[nH]cc2Nc2ncc3c(n2)N([C@@H]2CCC[C@@H](O)C2)C(=O)C32CC2)c1C(F)(F)F. The summed E-state index contributed by atoms with van der Waals surface area (Å²) >= 11 is 0. The van der Waals surface area contributed by atoms with Crippen molar-refractivity contribution >= 4 is 23.4 Å². The summed E-state index contributed by atoms with van der Waals surface area (Å²) in [5, 5.41) is 23.5. The molecule has 3 aromatic heterocycles. The predicted molar refractivity (Wildman–Crippen MR) is 118 cm³/mol. The van der Waals surface area contributed by atoms with Crippen LogP contribution in [0.2, 0.25) is 0 Å². The molecule has 3 aliphatic rings. The molecule has 4 heterocycles. The van der Waals surface area contributed by atoms with Crippen LogP contribution in [0, 0.1) is 0 Å². The second kappa shape index (κ2) is 7.51. The number of aryl methyl sites for hydroxylation is 1. The van der Waals surface area contributed by atoms with E-state index in [9.17, 15) is 23.1 Å². The smallest absolute Gasteiger partial charge is 0.393 e. The van der Waals surface area contributed by atoms with Gasteiger partial charge in [-0.25, -0.2) is 4.98 Å². The highest BCUT2D eigenvalue weighted by molar-refractivity contribution is 6.09. The molecule has 13 heteroatoms. The van der Waals surface area contributed by atoms with Crippen LogP contribution < -0.4 is 10.2 Å². The Bertz CT molecular complexity index is 1310. The Balaban J connectivity index is 1.35. The van der Waals surface area contributed by atoms with Crippen LogP contribution in [0.15, 0.2) is 18.6 Å². The van der Waals surface area contributed by atoms with Gasteiger partial charge in [-0.3, -0.25) is 19.5 Å². The molecule has 2 saturated carbocycles. The summed E-state index contributed by atoms with van der Waals surface area (Å²) in [5.74, 6) is 0.634. The Morgan fingerprint density at radius 1 is 1.26 bits per heavy atom. The van der Waals surface area contributed by atoms with Crippen molar-refractivity contribution in [3.8, 4) is 11.3 Å². The maximum atomic E-state index is 13.6. The average Bonchev–Trinajstić information content (AvgIpc) is 3.21. The minimum absolute atomic E-state index is 0.00720. The molecule has 0 unspecified atom stereocenters. The Labute approximate surface area is 197 Å². The molecule has 0 saturated heterocycles. The molecule has 184 valence electrons. The van der Waals surface area contributed by atoms with Gasteiger partial charge in [-0.2, -0.15) is 28.4 Å². The molecule has 6 rings (SSSR count). The number of nitrogens with zero attached hydrogens (tertiary/aromatic N) is 6. The molecule has 2 fully saturated rings. The molecule has 0 radical (unpaired) electrons. The number of hydrogen-bond acceptors (Lipinski definition) is 7. The maximum absolute atomic E-state index is 13.6. The topological polar surface area (TPSA) is 125 Å². The zero-order chi connectivity index (χ0) is 24.5. The third-order valence-electron chi connectivity index (χ3n) is 7.22. The Morgan fingerprint density at radius 2 is 2.06 bits per heavy atom. The highest BCUT2D eigenvalue weighted by Gasteiger charge is 2.61. The van der Waals surface area contributed by atoms with E-state index in [1.807, 2.05) is 0 Å². The van der Waals surface area contributed by atoms with Crippen LogP contribution in [0.25, 0.3) is 11.3 Å². The van der Waals surface area contributed by atoms with Crippen molar-refractivity contribution in [1.82, 2.24) is 29.9 Å². The minimum atomic E-state index is -4.62. The summed E-state index contributed by atoms with van der Waals surface area (Å²) in [6, 6.07) is -0.151. The number of aliphatic hydroxyl groups is 1.